The summed E-state index contributed by atoms with van der Waals surface area (Å²) in [5.41, 5.74) is 10.9. The van der Waals surface area contributed by atoms with Crippen LogP contribution in [0, 0.1) is 11.8 Å². The van der Waals surface area contributed by atoms with Crippen LogP contribution in [0.25, 0.3) is 0 Å². The Bertz CT molecular complexity index is 735. The molecule has 0 aliphatic heterocycles. The number of benzene rings is 1. The van der Waals surface area contributed by atoms with Gasteiger partial charge < -0.3 is 25.7 Å². The number of nitrogens with zero attached hydrogens (tertiary/aromatic N) is 1. The maximum atomic E-state index is 12.4. The molecule has 0 atom stereocenters. The average Bonchev–Trinajstić information content (AvgIpc) is 2.71. The Morgan fingerprint density at radius 1 is 1.03 bits per heavy atom. The van der Waals surface area contributed by atoms with Crippen LogP contribution in [0.3, 0.4) is 0 Å². The summed E-state index contributed by atoms with van der Waals surface area (Å²) < 4.78 is 15.0. The van der Waals surface area contributed by atoms with Gasteiger partial charge >= 0.3 is 17.9 Å². The van der Waals surface area contributed by atoms with Crippen LogP contribution in [0.1, 0.15) is 43.0 Å². The van der Waals surface area contributed by atoms with Crippen molar-refractivity contribution in [2.75, 3.05) is 19.8 Å². The molecule has 0 amide bonds. The van der Waals surface area contributed by atoms with Gasteiger partial charge in [-0.2, -0.15) is 0 Å². The third-order valence-electron chi connectivity index (χ3n) is 4.65. The van der Waals surface area contributed by atoms with Gasteiger partial charge in [-0.15, -0.1) is 0 Å². The molecule has 0 radical (unpaired) electrons. The van der Waals surface area contributed by atoms with E-state index in [4.69, 9.17) is 20.9 Å². The Labute approximate surface area is 169 Å². The molecule has 1 aromatic rings. The summed E-state index contributed by atoms with van der Waals surface area (Å²) in [5.74, 6) is -0.919. The Kier molecular flexibility index (Phi) is 8.45. The Hall–Kier alpha value is -3.10. The fourth-order valence-corrected chi connectivity index (χ4v) is 3.08. The van der Waals surface area contributed by atoms with E-state index in [1.54, 1.807) is 6.92 Å². The summed E-state index contributed by atoms with van der Waals surface area (Å²) in [4.78, 5) is 39.5. The van der Waals surface area contributed by atoms with Crippen LogP contribution in [0.15, 0.2) is 29.3 Å². The zero-order valence-electron chi connectivity index (χ0n) is 16.5. The highest BCUT2D eigenvalue weighted by molar-refractivity contribution is 5.91. The van der Waals surface area contributed by atoms with E-state index in [2.05, 4.69) is 9.73 Å². The smallest absolute Gasteiger partial charge is 0.344 e. The Morgan fingerprint density at radius 3 is 2.28 bits per heavy atom. The summed E-state index contributed by atoms with van der Waals surface area (Å²) in [6, 6.07) is 5.98. The molecular formula is C20H27N3O6. The lowest BCUT2D eigenvalue weighted by Gasteiger charge is -2.26. The molecule has 0 heterocycles. The number of carbonyl (C=O) groups is 3. The number of aliphatic imine (C=N–C) groups is 1. The summed E-state index contributed by atoms with van der Waals surface area (Å²) in [7, 11) is 0. The topological polar surface area (TPSA) is 143 Å². The van der Waals surface area contributed by atoms with E-state index in [0.29, 0.717) is 18.2 Å². The molecule has 0 unspecified atom stereocenters. The molecule has 1 saturated carbocycles. The van der Waals surface area contributed by atoms with Gasteiger partial charge in [0.05, 0.1) is 18.1 Å². The van der Waals surface area contributed by atoms with Crippen molar-refractivity contribution in [1.82, 2.24) is 0 Å². The minimum Gasteiger partial charge on any atom is -0.463 e. The van der Waals surface area contributed by atoms with E-state index in [0.717, 1.165) is 25.7 Å². The first kappa shape index (κ1) is 22.2. The largest absolute Gasteiger partial charge is 0.463 e. The second-order valence-corrected chi connectivity index (χ2v) is 6.81. The number of ether oxygens (including phenoxy) is 3. The van der Waals surface area contributed by atoms with Crippen molar-refractivity contribution in [2.24, 2.45) is 28.3 Å². The Morgan fingerprint density at radius 2 is 1.69 bits per heavy atom. The summed E-state index contributed by atoms with van der Waals surface area (Å²) in [5, 5.41) is 0. The van der Waals surface area contributed by atoms with E-state index in [-0.39, 0.29) is 30.0 Å². The minimum atomic E-state index is -0.657. The van der Waals surface area contributed by atoms with Crippen LogP contribution in [-0.2, 0) is 19.1 Å². The van der Waals surface area contributed by atoms with Gasteiger partial charge in [-0.05, 0) is 62.8 Å². The van der Waals surface area contributed by atoms with E-state index in [1.807, 2.05) is 0 Å². The molecule has 0 saturated heterocycles. The number of carbonyl (C=O) groups excluding carboxylic acids is 3. The molecule has 0 spiro atoms. The number of esters is 3. The van der Waals surface area contributed by atoms with Crippen LogP contribution in [0.2, 0.25) is 0 Å². The molecule has 29 heavy (non-hydrogen) atoms. The maximum absolute atomic E-state index is 12.4. The van der Waals surface area contributed by atoms with Crippen LogP contribution in [0.5, 0.6) is 5.75 Å². The number of nitrogens with two attached hydrogens (primary N) is 2. The quantitative estimate of drug-likeness (QED) is 0.286. The van der Waals surface area contributed by atoms with Crippen molar-refractivity contribution in [3.05, 3.63) is 29.8 Å². The molecule has 9 nitrogen and oxygen atoms in total. The molecular weight excluding hydrogens is 378 g/mol. The molecule has 1 aromatic carbocycles. The standard InChI is InChI=1S/C20H27N3O6/c1-2-27-17(24)12-28-18(25)14-7-9-16(10-8-14)29-19(26)15-5-3-13(4-6-15)11-23-20(21)22/h7-10,13,15H,2-6,11-12H2,1H3,(H4,21,22,23). The first-order valence-corrected chi connectivity index (χ1v) is 9.59. The van der Waals surface area contributed by atoms with E-state index >= 15 is 0 Å². The summed E-state index contributed by atoms with van der Waals surface area (Å²) >= 11 is 0. The fourth-order valence-electron chi connectivity index (χ4n) is 3.08. The Balaban J connectivity index is 1.79. The van der Waals surface area contributed by atoms with Crippen molar-refractivity contribution in [2.45, 2.75) is 32.6 Å². The van der Waals surface area contributed by atoms with Crippen LogP contribution >= 0.6 is 0 Å². The predicted molar refractivity (Wildman–Crippen MR) is 105 cm³/mol. The third-order valence-corrected chi connectivity index (χ3v) is 4.65. The van der Waals surface area contributed by atoms with Gasteiger partial charge in [0, 0.05) is 6.54 Å². The molecule has 1 aliphatic rings. The molecule has 9 heteroatoms. The number of hydrogen-bond donors (Lipinski definition) is 2. The average molecular weight is 405 g/mol. The van der Waals surface area contributed by atoms with Crippen LogP contribution < -0.4 is 16.2 Å². The lowest BCUT2D eigenvalue weighted by Crippen LogP contribution is -2.28. The summed E-state index contributed by atoms with van der Waals surface area (Å²) in [6.45, 7) is 2.01. The van der Waals surface area contributed by atoms with Crippen LogP contribution in [0.4, 0.5) is 0 Å². The van der Waals surface area contributed by atoms with Crippen molar-refractivity contribution < 1.29 is 28.6 Å². The third kappa shape index (κ3) is 7.44. The normalized spacial score (nSPS) is 18.4. The highest BCUT2D eigenvalue weighted by atomic mass is 16.6. The minimum absolute atomic E-state index is 0.0831. The number of hydrogen-bond acceptors (Lipinski definition) is 7. The lowest BCUT2D eigenvalue weighted by molar-refractivity contribution is -0.146. The van der Waals surface area contributed by atoms with Crippen molar-refractivity contribution in [3.63, 3.8) is 0 Å². The van der Waals surface area contributed by atoms with Gasteiger partial charge in [0.25, 0.3) is 0 Å². The van der Waals surface area contributed by atoms with E-state index in [1.165, 1.54) is 24.3 Å². The van der Waals surface area contributed by atoms with Crippen LogP contribution in [-0.4, -0.2) is 43.6 Å². The number of guanidine groups is 1. The maximum Gasteiger partial charge on any atom is 0.344 e. The van der Waals surface area contributed by atoms with Gasteiger partial charge in [0.2, 0.25) is 0 Å². The highest BCUT2D eigenvalue weighted by Gasteiger charge is 2.27. The van der Waals surface area contributed by atoms with Crippen molar-refractivity contribution in [3.8, 4) is 5.75 Å². The molecule has 1 fully saturated rings. The second-order valence-electron chi connectivity index (χ2n) is 6.81. The van der Waals surface area contributed by atoms with Crippen molar-refractivity contribution in [1.29, 1.82) is 0 Å². The predicted octanol–water partition coefficient (Wildman–Crippen LogP) is 1.39. The first-order valence-electron chi connectivity index (χ1n) is 9.59. The molecule has 0 aromatic heterocycles. The van der Waals surface area contributed by atoms with Gasteiger partial charge in [-0.25, -0.2) is 9.59 Å². The monoisotopic (exact) mass is 405 g/mol. The molecule has 158 valence electrons. The molecule has 2 rings (SSSR count). The molecule has 1 aliphatic carbocycles. The second kappa shape index (κ2) is 11.0. The van der Waals surface area contributed by atoms with Gasteiger partial charge in [-0.3, -0.25) is 9.79 Å². The zero-order chi connectivity index (χ0) is 21.2. The zero-order valence-corrected chi connectivity index (χ0v) is 16.5. The molecule has 0 bridgehead atoms. The highest BCUT2D eigenvalue weighted by Crippen LogP contribution is 2.30. The van der Waals surface area contributed by atoms with E-state index < -0.39 is 18.5 Å². The first-order chi connectivity index (χ1) is 13.9. The van der Waals surface area contributed by atoms with Crippen molar-refractivity contribution >= 4 is 23.9 Å². The van der Waals surface area contributed by atoms with Gasteiger partial charge in [-0.1, -0.05) is 0 Å². The fraction of sp³-hybridized carbons (Fsp3) is 0.500. The summed E-state index contributed by atoms with van der Waals surface area (Å²) in [6.07, 6.45) is 3.17. The SMILES string of the molecule is CCOC(=O)COC(=O)c1ccc(OC(=O)C2CCC(CN=C(N)N)CC2)cc1. The lowest BCUT2D eigenvalue weighted by atomic mass is 9.82. The van der Waals surface area contributed by atoms with E-state index in [9.17, 15) is 14.4 Å². The molecule has 4 N–H and O–H groups in total. The number of rotatable bonds is 8. The van der Waals surface area contributed by atoms with Gasteiger partial charge in [0.1, 0.15) is 5.75 Å². The van der Waals surface area contributed by atoms with Gasteiger partial charge in [0.15, 0.2) is 12.6 Å².